The number of rotatable bonds is 11. The maximum atomic E-state index is 12.0. The highest BCUT2D eigenvalue weighted by Gasteiger charge is 2.15. The molecule has 0 fully saturated rings. The maximum Gasteiger partial charge on any atom is 0.237 e. The van der Waals surface area contributed by atoms with E-state index in [0.29, 0.717) is 6.04 Å². The van der Waals surface area contributed by atoms with Crippen LogP contribution >= 0.6 is 0 Å². The van der Waals surface area contributed by atoms with E-state index in [1.165, 1.54) is 6.42 Å². The molecule has 0 bridgehead atoms. The van der Waals surface area contributed by atoms with E-state index in [4.69, 9.17) is 0 Å². The molecule has 2 N–H and O–H groups in total. The van der Waals surface area contributed by atoms with Crippen LogP contribution in [0, 0.1) is 0 Å². The predicted molar refractivity (Wildman–Crippen MR) is 82.4 cm³/mol. The number of amides is 1. The van der Waals surface area contributed by atoms with Gasteiger partial charge in [-0.3, -0.25) is 4.79 Å². The number of carbonyl (C=O) groups is 1. The van der Waals surface area contributed by atoms with Gasteiger partial charge in [-0.2, -0.15) is 0 Å². The fourth-order valence-electron chi connectivity index (χ4n) is 2.10. The quantitative estimate of drug-likeness (QED) is 0.604. The number of carbonyl (C=O) groups excluding carboxylic acids is 1. The SMILES string of the molecule is CCCN(CC)CCNC(C)C(=O)NC(CC)CC. The summed E-state index contributed by atoms with van der Waals surface area (Å²) in [5.41, 5.74) is 0. The Kier molecular flexibility index (Phi) is 10.9. The summed E-state index contributed by atoms with van der Waals surface area (Å²) in [7, 11) is 0. The molecule has 1 unspecified atom stereocenters. The van der Waals surface area contributed by atoms with Gasteiger partial charge in [-0.25, -0.2) is 0 Å². The summed E-state index contributed by atoms with van der Waals surface area (Å²) >= 11 is 0. The fraction of sp³-hybridized carbons (Fsp3) is 0.933. The van der Waals surface area contributed by atoms with Crippen LogP contribution in [0.5, 0.6) is 0 Å². The van der Waals surface area contributed by atoms with Crippen LogP contribution in [0.15, 0.2) is 0 Å². The van der Waals surface area contributed by atoms with E-state index in [-0.39, 0.29) is 11.9 Å². The highest BCUT2D eigenvalue weighted by molar-refractivity contribution is 5.81. The molecule has 4 heteroatoms. The molecule has 0 aliphatic rings. The zero-order chi connectivity index (χ0) is 14.7. The van der Waals surface area contributed by atoms with Crippen molar-refractivity contribution in [1.29, 1.82) is 0 Å². The number of hydrogen-bond acceptors (Lipinski definition) is 3. The van der Waals surface area contributed by atoms with Crippen molar-refractivity contribution in [3.8, 4) is 0 Å². The van der Waals surface area contributed by atoms with Crippen LogP contribution in [0.2, 0.25) is 0 Å². The van der Waals surface area contributed by atoms with Crippen molar-refractivity contribution < 1.29 is 4.79 Å². The normalized spacial score (nSPS) is 13.0. The Morgan fingerprint density at radius 3 is 2.21 bits per heavy atom. The Hall–Kier alpha value is -0.610. The topological polar surface area (TPSA) is 44.4 Å². The monoisotopic (exact) mass is 271 g/mol. The van der Waals surface area contributed by atoms with Gasteiger partial charge in [-0.05, 0) is 39.3 Å². The first-order chi connectivity index (χ1) is 9.08. The standard InChI is InChI=1S/C15H33N3O/c1-6-11-18(9-4)12-10-16-13(5)15(19)17-14(7-2)8-3/h13-14,16H,6-12H2,1-5H3,(H,17,19). The van der Waals surface area contributed by atoms with Gasteiger partial charge in [-0.15, -0.1) is 0 Å². The molecule has 0 saturated carbocycles. The number of likely N-dealkylation sites (N-methyl/N-ethyl adjacent to an activating group) is 1. The van der Waals surface area contributed by atoms with Gasteiger partial charge in [0.15, 0.2) is 0 Å². The molecule has 0 spiro atoms. The van der Waals surface area contributed by atoms with Crippen LogP contribution in [0.1, 0.15) is 53.9 Å². The summed E-state index contributed by atoms with van der Waals surface area (Å²) in [6.45, 7) is 14.6. The lowest BCUT2D eigenvalue weighted by molar-refractivity contribution is -0.123. The minimum atomic E-state index is -0.110. The van der Waals surface area contributed by atoms with Crippen LogP contribution in [0.3, 0.4) is 0 Å². The first-order valence-electron chi connectivity index (χ1n) is 7.84. The molecule has 1 amide bonds. The van der Waals surface area contributed by atoms with Crippen molar-refractivity contribution in [1.82, 2.24) is 15.5 Å². The molecule has 0 radical (unpaired) electrons. The zero-order valence-electron chi connectivity index (χ0n) is 13.5. The summed E-state index contributed by atoms with van der Waals surface area (Å²) < 4.78 is 0. The maximum absolute atomic E-state index is 12.0. The van der Waals surface area contributed by atoms with Crippen LogP contribution in [0.25, 0.3) is 0 Å². The number of nitrogens with zero attached hydrogens (tertiary/aromatic N) is 1. The van der Waals surface area contributed by atoms with E-state index < -0.39 is 0 Å². The second-order valence-corrected chi connectivity index (χ2v) is 5.13. The molecule has 19 heavy (non-hydrogen) atoms. The Morgan fingerprint density at radius 2 is 1.74 bits per heavy atom. The van der Waals surface area contributed by atoms with Gasteiger partial charge in [0.1, 0.15) is 0 Å². The lowest BCUT2D eigenvalue weighted by Gasteiger charge is -2.22. The number of nitrogens with one attached hydrogen (secondary N) is 2. The summed E-state index contributed by atoms with van der Waals surface area (Å²) in [5.74, 6) is 0.118. The second kappa shape index (κ2) is 11.2. The van der Waals surface area contributed by atoms with Crippen LogP contribution in [-0.4, -0.2) is 49.1 Å². The molecular weight excluding hydrogens is 238 g/mol. The predicted octanol–water partition coefficient (Wildman–Crippen LogP) is 2.00. The molecule has 0 heterocycles. The van der Waals surface area contributed by atoms with Crippen molar-refractivity contribution in [3.63, 3.8) is 0 Å². The van der Waals surface area contributed by atoms with E-state index in [1.807, 2.05) is 6.92 Å². The van der Waals surface area contributed by atoms with Crippen molar-refractivity contribution in [2.75, 3.05) is 26.2 Å². The lowest BCUT2D eigenvalue weighted by Crippen LogP contribution is -2.47. The average Bonchev–Trinajstić information content (AvgIpc) is 2.43. The summed E-state index contributed by atoms with van der Waals surface area (Å²) in [5, 5.41) is 6.38. The van der Waals surface area contributed by atoms with Crippen molar-refractivity contribution in [2.45, 2.75) is 66.0 Å². The van der Waals surface area contributed by atoms with Gasteiger partial charge >= 0.3 is 0 Å². The van der Waals surface area contributed by atoms with E-state index in [2.05, 4.69) is 43.2 Å². The number of hydrogen-bond donors (Lipinski definition) is 2. The Bertz CT molecular complexity index is 229. The van der Waals surface area contributed by atoms with Crippen molar-refractivity contribution >= 4 is 5.91 Å². The first-order valence-corrected chi connectivity index (χ1v) is 7.84. The molecular formula is C15H33N3O. The third-order valence-electron chi connectivity index (χ3n) is 3.59. The van der Waals surface area contributed by atoms with Gasteiger partial charge in [0, 0.05) is 19.1 Å². The Balaban J connectivity index is 3.89. The molecule has 114 valence electrons. The largest absolute Gasteiger partial charge is 0.352 e. The fourth-order valence-corrected chi connectivity index (χ4v) is 2.10. The van der Waals surface area contributed by atoms with E-state index in [9.17, 15) is 4.79 Å². The molecule has 1 atom stereocenters. The smallest absolute Gasteiger partial charge is 0.237 e. The van der Waals surface area contributed by atoms with Gasteiger partial charge < -0.3 is 15.5 Å². The molecule has 0 aliphatic carbocycles. The molecule has 0 aromatic heterocycles. The summed E-state index contributed by atoms with van der Waals surface area (Å²) in [6, 6.07) is 0.199. The molecule has 4 nitrogen and oxygen atoms in total. The van der Waals surface area contributed by atoms with E-state index in [1.54, 1.807) is 0 Å². The van der Waals surface area contributed by atoms with Crippen LogP contribution < -0.4 is 10.6 Å². The molecule has 0 rings (SSSR count). The zero-order valence-corrected chi connectivity index (χ0v) is 13.5. The van der Waals surface area contributed by atoms with Crippen LogP contribution in [0.4, 0.5) is 0 Å². The Labute approximate surface area is 119 Å². The minimum Gasteiger partial charge on any atom is -0.352 e. The molecule has 0 saturated heterocycles. The summed E-state index contributed by atoms with van der Waals surface area (Å²) in [4.78, 5) is 14.4. The van der Waals surface area contributed by atoms with Gasteiger partial charge in [0.05, 0.1) is 6.04 Å². The average molecular weight is 271 g/mol. The van der Waals surface area contributed by atoms with Crippen LogP contribution in [-0.2, 0) is 4.79 Å². The Morgan fingerprint density at radius 1 is 1.11 bits per heavy atom. The second-order valence-electron chi connectivity index (χ2n) is 5.13. The third kappa shape index (κ3) is 8.22. The van der Waals surface area contributed by atoms with Crippen molar-refractivity contribution in [2.24, 2.45) is 0 Å². The third-order valence-corrected chi connectivity index (χ3v) is 3.59. The van der Waals surface area contributed by atoms with E-state index in [0.717, 1.165) is 39.0 Å². The van der Waals surface area contributed by atoms with Gasteiger partial charge in [-0.1, -0.05) is 27.7 Å². The highest BCUT2D eigenvalue weighted by Crippen LogP contribution is 1.97. The molecule has 0 aromatic rings. The molecule has 0 aliphatic heterocycles. The highest BCUT2D eigenvalue weighted by atomic mass is 16.2. The summed E-state index contributed by atoms with van der Waals surface area (Å²) in [6.07, 6.45) is 3.17. The lowest BCUT2D eigenvalue weighted by atomic mass is 10.1. The van der Waals surface area contributed by atoms with E-state index >= 15 is 0 Å². The first kappa shape index (κ1) is 18.4. The minimum absolute atomic E-state index is 0.110. The van der Waals surface area contributed by atoms with Crippen molar-refractivity contribution in [3.05, 3.63) is 0 Å². The van der Waals surface area contributed by atoms with Gasteiger partial charge in [0.2, 0.25) is 5.91 Å². The van der Waals surface area contributed by atoms with Gasteiger partial charge in [0.25, 0.3) is 0 Å². The molecule has 0 aromatic carbocycles.